The molecule has 0 radical (unpaired) electrons. The second-order valence-electron chi connectivity index (χ2n) is 5.61. The molecule has 1 aromatic heterocycles. The molecule has 1 heterocycles. The van der Waals surface area contributed by atoms with Crippen LogP contribution < -0.4 is 21.2 Å². The highest BCUT2D eigenvalue weighted by Crippen LogP contribution is 2.16. The van der Waals surface area contributed by atoms with Crippen LogP contribution in [0.25, 0.3) is 0 Å². The number of carbonyl (C=O) groups is 2. The van der Waals surface area contributed by atoms with E-state index >= 15 is 0 Å². The molecule has 0 atom stereocenters. The quantitative estimate of drug-likeness (QED) is 0.698. The predicted octanol–water partition coefficient (Wildman–Crippen LogP) is 2.57. The van der Waals surface area contributed by atoms with Crippen molar-refractivity contribution in [3.8, 4) is 5.75 Å². The summed E-state index contributed by atoms with van der Waals surface area (Å²) in [5.74, 6) is -1.59. The van der Waals surface area contributed by atoms with E-state index in [2.05, 4.69) is 5.32 Å². The summed E-state index contributed by atoms with van der Waals surface area (Å²) < 4.78 is 10.6. The Morgan fingerprint density at radius 3 is 2.44 bits per heavy atom. The van der Waals surface area contributed by atoms with Gasteiger partial charge in [-0.1, -0.05) is 42.5 Å². The molecular formula is C20H16N2O5. The molecule has 0 saturated heterocycles. The van der Waals surface area contributed by atoms with Crippen LogP contribution in [0.4, 0.5) is 5.69 Å². The van der Waals surface area contributed by atoms with Gasteiger partial charge in [-0.2, -0.15) is 0 Å². The second kappa shape index (κ2) is 8.01. The fourth-order valence-electron chi connectivity index (χ4n) is 2.35. The van der Waals surface area contributed by atoms with Gasteiger partial charge in [0.25, 0.3) is 11.8 Å². The standard InChI is InChI=1S/C20H16N2O5/c21-19(24)14-8-4-5-9-15(14)22-20(25)17-10-16(23)18(12-27-17)26-11-13-6-2-1-3-7-13/h1-10,12H,11H2,(H2,21,24)(H,22,25). The molecule has 136 valence electrons. The van der Waals surface area contributed by atoms with Crippen molar-refractivity contribution in [3.05, 3.63) is 94.0 Å². The summed E-state index contributed by atoms with van der Waals surface area (Å²) in [6.07, 6.45) is 1.08. The Morgan fingerprint density at radius 2 is 1.74 bits per heavy atom. The lowest BCUT2D eigenvalue weighted by molar-refractivity contribution is 0.0993. The number of amides is 2. The molecule has 0 aliphatic heterocycles. The van der Waals surface area contributed by atoms with Gasteiger partial charge in [-0.15, -0.1) is 0 Å². The first-order chi connectivity index (χ1) is 13.0. The molecule has 0 spiro atoms. The lowest BCUT2D eigenvalue weighted by Gasteiger charge is -2.09. The molecule has 0 unspecified atom stereocenters. The average molecular weight is 364 g/mol. The van der Waals surface area contributed by atoms with Crippen molar-refractivity contribution >= 4 is 17.5 Å². The van der Waals surface area contributed by atoms with E-state index in [1.807, 2.05) is 30.3 Å². The first kappa shape index (κ1) is 17.9. The van der Waals surface area contributed by atoms with Crippen molar-refractivity contribution in [1.82, 2.24) is 0 Å². The van der Waals surface area contributed by atoms with E-state index in [4.69, 9.17) is 14.9 Å². The molecule has 27 heavy (non-hydrogen) atoms. The van der Waals surface area contributed by atoms with Gasteiger partial charge in [0.15, 0.2) is 5.76 Å². The number of para-hydroxylation sites is 1. The van der Waals surface area contributed by atoms with Crippen molar-refractivity contribution in [2.24, 2.45) is 5.73 Å². The number of rotatable bonds is 6. The summed E-state index contributed by atoms with van der Waals surface area (Å²) in [7, 11) is 0. The molecule has 2 aromatic carbocycles. The van der Waals surface area contributed by atoms with Gasteiger partial charge in [-0.25, -0.2) is 0 Å². The molecule has 0 bridgehead atoms. The number of hydrogen-bond donors (Lipinski definition) is 2. The maximum Gasteiger partial charge on any atom is 0.291 e. The Morgan fingerprint density at radius 1 is 1.04 bits per heavy atom. The maximum absolute atomic E-state index is 12.3. The minimum absolute atomic E-state index is 0.00654. The molecule has 7 nitrogen and oxygen atoms in total. The fourth-order valence-corrected chi connectivity index (χ4v) is 2.35. The maximum atomic E-state index is 12.3. The van der Waals surface area contributed by atoms with E-state index in [9.17, 15) is 14.4 Å². The van der Waals surface area contributed by atoms with Crippen LogP contribution in [0.1, 0.15) is 26.5 Å². The Kier molecular flexibility index (Phi) is 5.32. The van der Waals surface area contributed by atoms with Crippen LogP contribution in [0, 0.1) is 0 Å². The molecule has 3 N–H and O–H groups in total. The number of anilines is 1. The van der Waals surface area contributed by atoms with Crippen LogP contribution >= 0.6 is 0 Å². The van der Waals surface area contributed by atoms with E-state index in [0.29, 0.717) is 0 Å². The largest absolute Gasteiger partial charge is 0.482 e. The SMILES string of the molecule is NC(=O)c1ccccc1NC(=O)c1cc(=O)c(OCc2ccccc2)co1. The average Bonchev–Trinajstić information content (AvgIpc) is 2.68. The fraction of sp³-hybridized carbons (Fsp3) is 0.0500. The molecule has 0 fully saturated rings. The van der Waals surface area contributed by atoms with Gasteiger partial charge < -0.3 is 20.2 Å². The number of benzene rings is 2. The Balaban J connectivity index is 1.72. The zero-order chi connectivity index (χ0) is 19.2. The summed E-state index contributed by atoms with van der Waals surface area (Å²) in [6, 6.07) is 16.6. The Hall–Kier alpha value is -3.87. The van der Waals surface area contributed by atoms with Crippen LogP contribution in [0.3, 0.4) is 0 Å². The van der Waals surface area contributed by atoms with Crippen molar-refractivity contribution in [1.29, 1.82) is 0 Å². The smallest absolute Gasteiger partial charge is 0.291 e. The Labute approximate surface area is 154 Å². The highest BCUT2D eigenvalue weighted by atomic mass is 16.5. The monoisotopic (exact) mass is 364 g/mol. The minimum Gasteiger partial charge on any atom is -0.482 e. The minimum atomic E-state index is -0.685. The zero-order valence-corrected chi connectivity index (χ0v) is 14.2. The third-order valence-corrected chi connectivity index (χ3v) is 3.70. The second-order valence-corrected chi connectivity index (χ2v) is 5.61. The van der Waals surface area contributed by atoms with Gasteiger partial charge in [0, 0.05) is 6.07 Å². The van der Waals surface area contributed by atoms with Gasteiger partial charge in [-0.3, -0.25) is 14.4 Å². The topological polar surface area (TPSA) is 112 Å². The van der Waals surface area contributed by atoms with E-state index in [1.165, 1.54) is 12.1 Å². The van der Waals surface area contributed by atoms with Gasteiger partial charge in [0.1, 0.15) is 12.9 Å². The normalized spacial score (nSPS) is 10.2. The first-order valence-corrected chi connectivity index (χ1v) is 8.04. The van der Waals surface area contributed by atoms with E-state index in [-0.39, 0.29) is 29.4 Å². The van der Waals surface area contributed by atoms with Crippen molar-refractivity contribution in [2.45, 2.75) is 6.61 Å². The molecular weight excluding hydrogens is 348 g/mol. The highest BCUT2D eigenvalue weighted by Gasteiger charge is 2.15. The van der Waals surface area contributed by atoms with E-state index in [0.717, 1.165) is 17.9 Å². The van der Waals surface area contributed by atoms with Crippen molar-refractivity contribution < 1.29 is 18.7 Å². The van der Waals surface area contributed by atoms with Crippen LogP contribution in [0.5, 0.6) is 5.75 Å². The lowest BCUT2D eigenvalue weighted by Crippen LogP contribution is -2.19. The third-order valence-electron chi connectivity index (χ3n) is 3.70. The lowest BCUT2D eigenvalue weighted by atomic mass is 10.1. The molecule has 3 rings (SSSR count). The molecule has 3 aromatic rings. The summed E-state index contributed by atoms with van der Waals surface area (Å²) in [5, 5.41) is 2.50. The van der Waals surface area contributed by atoms with E-state index < -0.39 is 17.2 Å². The molecule has 0 aliphatic carbocycles. The van der Waals surface area contributed by atoms with Crippen LogP contribution in [-0.4, -0.2) is 11.8 Å². The number of ether oxygens (including phenoxy) is 1. The van der Waals surface area contributed by atoms with Crippen LogP contribution in [-0.2, 0) is 6.61 Å². The number of nitrogens with two attached hydrogens (primary N) is 1. The third kappa shape index (κ3) is 4.40. The van der Waals surface area contributed by atoms with Crippen LogP contribution in [0.15, 0.2) is 76.1 Å². The van der Waals surface area contributed by atoms with Gasteiger partial charge >= 0.3 is 0 Å². The summed E-state index contributed by atoms with van der Waals surface area (Å²) in [6.45, 7) is 0.198. The highest BCUT2D eigenvalue weighted by molar-refractivity contribution is 6.07. The molecule has 2 amide bonds. The number of hydrogen-bond acceptors (Lipinski definition) is 5. The number of nitrogens with one attached hydrogen (secondary N) is 1. The first-order valence-electron chi connectivity index (χ1n) is 8.04. The Bertz CT molecular complexity index is 1030. The molecule has 0 aliphatic rings. The molecule has 0 saturated carbocycles. The summed E-state index contributed by atoms with van der Waals surface area (Å²) >= 11 is 0. The van der Waals surface area contributed by atoms with Crippen LogP contribution in [0.2, 0.25) is 0 Å². The summed E-state index contributed by atoms with van der Waals surface area (Å²) in [5.41, 5.74) is 6.04. The van der Waals surface area contributed by atoms with Gasteiger partial charge in [0.05, 0.1) is 11.3 Å². The zero-order valence-electron chi connectivity index (χ0n) is 14.2. The molecule has 7 heteroatoms. The summed E-state index contributed by atoms with van der Waals surface area (Å²) in [4.78, 5) is 35.9. The number of carbonyl (C=O) groups excluding carboxylic acids is 2. The van der Waals surface area contributed by atoms with Gasteiger partial charge in [0.2, 0.25) is 11.2 Å². The predicted molar refractivity (Wildman–Crippen MR) is 98.7 cm³/mol. The van der Waals surface area contributed by atoms with Crippen molar-refractivity contribution in [3.63, 3.8) is 0 Å². The van der Waals surface area contributed by atoms with Gasteiger partial charge in [-0.05, 0) is 17.7 Å². The van der Waals surface area contributed by atoms with E-state index in [1.54, 1.807) is 12.1 Å². The van der Waals surface area contributed by atoms with Crippen molar-refractivity contribution in [2.75, 3.05) is 5.32 Å². The number of primary amides is 1.